The second-order valence-electron chi connectivity index (χ2n) is 6.41. The van der Waals surface area contributed by atoms with Gasteiger partial charge in [-0.15, -0.1) is 0 Å². The molecule has 2 aromatic rings. The highest BCUT2D eigenvalue weighted by Gasteiger charge is 2.20. The summed E-state index contributed by atoms with van der Waals surface area (Å²) in [6, 6.07) is 14.5. The highest BCUT2D eigenvalue weighted by molar-refractivity contribution is 5.58. The van der Waals surface area contributed by atoms with Gasteiger partial charge in [0.2, 0.25) is 0 Å². The molecule has 0 N–H and O–H groups in total. The lowest BCUT2D eigenvalue weighted by Gasteiger charge is -2.36. The van der Waals surface area contributed by atoms with E-state index in [1.165, 1.54) is 11.3 Å². The summed E-state index contributed by atoms with van der Waals surface area (Å²) in [5, 5.41) is 0. The first-order chi connectivity index (χ1) is 12.3. The first kappa shape index (κ1) is 16.1. The summed E-state index contributed by atoms with van der Waals surface area (Å²) < 4.78 is 16.8. The van der Waals surface area contributed by atoms with Gasteiger partial charge in [-0.2, -0.15) is 0 Å². The van der Waals surface area contributed by atoms with E-state index in [-0.39, 0.29) is 0 Å². The first-order valence-corrected chi connectivity index (χ1v) is 8.82. The van der Waals surface area contributed by atoms with Crippen LogP contribution in [0, 0.1) is 0 Å². The fourth-order valence-electron chi connectivity index (χ4n) is 3.48. The molecule has 0 atom stereocenters. The number of hydrogen-bond donors (Lipinski definition) is 0. The molecule has 132 valence electrons. The van der Waals surface area contributed by atoms with Crippen LogP contribution < -0.4 is 19.1 Å². The lowest BCUT2D eigenvalue weighted by atomic mass is 10.1. The molecule has 5 heteroatoms. The average Bonchev–Trinajstić information content (AvgIpc) is 2.68. The molecule has 0 radical (unpaired) electrons. The Morgan fingerprint density at radius 1 is 0.920 bits per heavy atom. The van der Waals surface area contributed by atoms with Gasteiger partial charge >= 0.3 is 0 Å². The van der Waals surface area contributed by atoms with Gasteiger partial charge in [-0.1, -0.05) is 18.2 Å². The summed E-state index contributed by atoms with van der Waals surface area (Å²) in [5.41, 5.74) is 2.46. The van der Waals surface area contributed by atoms with Gasteiger partial charge in [-0.05, 0) is 29.8 Å². The predicted molar refractivity (Wildman–Crippen MR) is 97.9 cm³/mol. The van der Waals surface area contributed by atoms with Gasteiger partial charge in [0.1, 0.15) is 19.0 Å². The van der Waals surface area contributed by atoms with Crippen LogP contribution in [0.2, 0.25) is 0 Å². The molecule has 25 heavy (non-hydrogen) atoms. The highest BCUT2D eigenvalue weighted by Crippen LogP contribution is 2.32. The van der Waals surface area contributed by atoms with Gasteiger partial charge in [-0.3, -0.25) is 4.90 Å². The van der Waals surface area contributed by atoms with Crippen molar-refractivity contribution in [3.63, 3.8) is 0 Å². The summed E-state index contributed by atoms with van der Waals surface area (Å²) in [6.07, 6.45) is 0. The maximum atomic E-state index is 5.69. The van der Waals surface area contributed by atoms with Crippen molar-refractivity contribution in [2.75, 3.05) is 51.4 Å². The van der Waals surface area contributed by atoms with Crippen LogP contribution in [0.25, 0.3) is 0 Å². The van der Waals surface area contributed by atoms with Crippen LogP contribution in [-0.2, 0) is 6.54 Å². The molecule has 0 amide bonds. The lowest BCUT2D eigenvalue weighted by Crippen LogP contribution is -2.46. The molecule has 2 heterocycles. The number of methoxy groups -OCH3 is 1. The van der Waals surface area contributed by atoms with Crippen molar-refractivity contribution in [2.24, 2.45) is 0 Å². The second-order valence-corrected chi connectivity index (χ2v) is 6.41. The molecule has 1 fully saturated rings. The van der Waals surface area contributed by atoms with E-state index in [2.05, 4.69) is 34.1 Å². The molecule has 2 aromatic carbocycles. The molecule has 0 unspecified atom stereocenters. The molecule has 1 saturated heterocycles. The van der Waals surface area contributed by atoms with E-state index in [9.17, 15) is 0 Å². The van der Waals surface area contributed by atoms with Crippen molar-refractivity contribution < 1.29 is 14.2 Å². The van der Waals surface area contributed by atoms with Gasteiger partial charge in [0.25, 0.3) is 0 Å². The second kappa shape index (κ2) is 7.23. The number of ether oxygens (including phenoxy) is 3. The van der Waals surface area contributed by atoms with E-state index in [1.54, 1.807) is 7.11 Å². The van der Waals surface area contributed by atoms with Crippen LogP contribution in [-0.4, -0.2) is 51.4 Å². The summed E-state index contributed by atoms with van der Waals surface area (Å²) in [6.45, 7) is 6.29. The van der Waals surface area contributed by atoms with Crippen molar-refractivity contribution in [1.82, 2.24) is 4.90 Å². The SMILES string of the molecule is COc1ccccc1N1CCN(Cc2ccc3c(c2)OCCO3)CC1. The zero-order valence-corrected chi connectivity index (χ0v) is 14.6. The smallest absolute Gasteiger partial charge is 0.161 e. The fourth-order valence-corrected chi connectivity index (χ4v) is 3.48. The van der Waals surface area contributed by atoms with Gasteiger partial charge in [0.15, 0.2) is 11.5 Å². The largest absolute Gasteiger partial charge is 0.495 e. The third kappa shape index (κ3) is 3.51. The Bertz CT molecular complexity index is 727. The number of benzene rings is 2. The first-order valence-electron chi connectivity index (χ1n) is 8.82. The predicted octanol–water partition coefficient (Wildman–Crippen LogP) is 2.79. The molecule has 0 saturated carbocycles. The van der Waals surface area contributed by atoms with Crippen molar-refractivity contribution in [1.29, 1.82) is 0 Å². The molecular weight excluding hydrogens is 316 g/mol. The molecule has 0 bridgehead atoms. The third-order valence-corrected chi connectivity index (χ3v) is 4.81. The van der Waals surface area contributed by atoms with Crippen LogP contribution in [0.5, 0.6) is 17.2 Å². The van der Waals surface area contributed by atoms with E-state index in [1.807, 2.05) is 18.2 Å². The van der Waals surface area contributed by atoms with Gasteiger partial charge < -0.3 is 19.1 Å². The fraction of sp³-hybridized carbons (Fsp3) is 0.400. The monoisotopic (exact) mass is 340 g/mol. The van der Waals surface area contributed by atoms with E-state index in [0.717, 1.165) is 50.0 Å². The van der Waals surface area contributed by atoms with Crippen LogP contribution >= 0.6 is 0 Å². The minimum atomic E-state index is 0.633. The standard InChI is InChI=1S/C20H24N2O3/c1-23-18-5-3-2-4-17(18)22-10-8-21(9-11-22)15-16-6-7-19-20(14-16)25-13-12-24-19/h2-7,14H,8-13,15H2,1H3. The van der Waals surface area contributed by atoms with E-state index in [0.29, 0.717) is 13.2 Å². The number of fused-ring (bicyclic) bond motifs is 1. The Hall–Kier alpha value is -2.40. The zero-order valence-electron chi connectivity index (χ0n) is 14.6. The molecule has 0 aromatic heterocycles. The van der Waals surface area contributed by atoms with Crippen molar-refractivity contribution in [3.8, 4) is 17.2 Å². The summed E-state index contributed by atoms with van der Waals surface area (Å²) >= 11 is 0. The Kier molecular flexibility index (Phi) is 4.65. The number of piperazine rings is 1. The summed E-state index contributed by atoms with van der Waals surface area (Å²) in [7, 11) is 1.73. The van der Waals surface area contributed by atoms with Crippen molar-refractivity contribution in [2.45, 2.75) is 6.54 Å². The number of anilines is 1. The lowest BCUT2D eigenvalue weighted by molar-refractivity contribution is 0.171. The number of nitrogens with zero attached hydrogens (tertiary/aromatic N) is 2. The Morgan fingerprint density at radius 3 is 2.48 bits per heavy atom. The number of rotatable bonds is 4. The molecular formula is C20H24N2O3. The maximum absolute atomic E-state index is 5.69. The van der Waals surface area contributed by atoms with Crippen LogP contribution in [0.15, 0.2) is 42.5 Å². The minimum Gasteiger partial charge on any atom is -0.495 e. The quantitative estimate of drug-likeness (QED) is 0.855. The van der Waals surface area contributed by atoms with Crippen LogP contribution in [0.1, 0.15) is 5.56 Å². The topological polar surface area (TPSA) is 34.2 Å². The van der Waals surface area contributed by atoms with Crippen LogP contribution in [0.4, 0.5) is 5.69 Å². The Labute approximate surface area is 148 Å². The highest BCUT2D eigenvalue weighted by atomic mass is 16.6. The zero-order chi connectivity index (χ0) is 17.1. The van der Waals surface area contributed by atoms with Crippen molar-refractivity contribution in [3.05, 3.63) is 48.0 Å². The molecule has 0 aliphatic carbocycles. The third-order valence-electron chi connectivity index (χ3n) is 4.81. The number of para-hydroxylation sites is 2. The van der Waals surface area contributed by atoms with Crippen LogP contribution in [0.3, 0.4) is 0 Å². The molecule has 4 rings (SSSR count). The van der Waals surface area contributed by atoms with Gasteiger partial charge in [-0.25, -0.2) is 0 Å². The number of hydrogen-bond acceptors (Lipinski definition) is 5. The molecule has 0 spiro atoms. The summed E-state index contributed by atoms with van der Waals surface area (Å²) in [5.74, 6) is 2.68. The Balaban J connectivity index is 1.37. The normalized spacial score (nSPS) is 17.4. The van der Waals surface area contributed by atoms with E-state index in [4.69, 9.17) is 14.2 Å². The van der Waals surface area contributed by atoms with Gasteiger partial charge in [0, 0.05) is 32.7 Å². The van der Waals surface area contributed by atoms with Gasteiger partial charge in [0.05, 0.1) is 12.8 Å². The molecule has 2 aliphatic heterocycles. The van der Waals surface area contributed by atoms with E-state index >= 15 is 0 Å². The minimum absolute atomic E-state index is 0.633. The Morgan fingerprint density at radius 2 is 1.68 bits per heavy atom. The summed E-state index contributed by atoms with van der Waals surface area (Å²) in [4.78, 5) is 4.89. The van der Waals surface area contributed by atoms with Crippen molar-refractivity contribution >= 4 is 5.69 Å². The average molecular weight is 340 g/mol. The maximum Gasteiger partial charge on any atom is 0.161 e. The molecule has 2 aliphatic rings. The van der Waals surface area contributed by atoms with E-state index < -0.39 is 0 Å². The molecule has 5 nitrogen and oxygen atoms in total.